The molecule has 2 aromatic heterocycles. The van der Waals surface area contributed by atoms with Gasteiger partial charge in [-0.1, -0.05) is 12.1 Å². The molecule has 0 radical (unpaired) electrons. The summed E-state index contributed by atoms with van der Waals surface area (Å²) in [4.78, 5) is 47.9. The van der Waals surface area contributed by atoms with E-state index in [0.717, 1.165) is 4.68 Å². The van der Waals surface area contributed by atoms with Crippen LogP contribution in [0.5, 0.6) is 0 Å². The Morgan fingerprint density at radius 3 is 2.57 bits per heavy atom. The maximum absolute atomic E-state index is 12.4. The minimum absolute atomic E-state index is 0.0144. The average molecular weight is 385 g/mol. The standard InChI is InChI=1S/C18H19N5O5/c1-18(2,17(27)28)23-10-11(9-19-23)20-14(24)7-8-22-16(26)13-6-4-3-5-12(13)15(25)21-22/h3-6,9-10H,7-8H2,1-2H3,(H,20,24)(H,21,25)(H,27,28). The van der Waals surface area contributed by atoms with Crippen LogP contribution in [0, 0.1) is 0 Å². The first kappa shape index (κ1) is 19.1. The number of fused-ring (bicyclic) bond motifs is 1. The SMILES string of the molecule is CC(C)(C(=O)O)n1cc(NC(=O)CCn2[nH]c(=O)c3ccccc3c2=O)cn1. The number of amides is 1. The number of nitrogens with one attached hydrogen (secondary N) is 2. The smallest absolute Gasteiger partial charge is 0.331 e. The van der Waals surface area contributed by atoms with E-state index in [1.54, 1.807) is 24.3 Å². The van der Waals surface area contributed by atoms with Crippen molar-refractivity contribution in [2.24, 2.45) is 0 Å². The molecule has 2 heterocycles. The van der Waals surface area contributed by atoms with E-state index in [0.29, 0.717) is 11.1 Å². The van der Waals surface area contributed by atoms with Gasteiger partial charge < -0.3 is 10.4 Å². The largest absolute Gasteiger partial charge is 0.479 e. The maximum Gasteiger partial charge on any atom is 0.331 e. The Kier molecular flexibility index (Phi) is 4.87. The highest BCUT2D eigenvalue weighted by atomic mass is 16.4. The predicted molar refractivity (Wildman–Crippen MR) is 101 cm³/mol. The number of hydrogen-bond acceptors (Lipinski definition) is 5. The Morgan fingerprint density at radius 2 is 1.89 bits per heavy atom. The van der Waals surface area contributed by atoms with Gasteiger partial charge in [0.1, 0.15) is 0 Å². The van der Waals surface area contributed by atoms with Gasteiger partial charge in [-0.05, 0) is 26.0 Å². The van der Waals surface area contributed by atoms with E-state index < -0.39 is 23.0 Å². The lowest BCUT2D eigenvalue weighted by Gasteiger charge is -2.19. The lowest BCUT2D eigenvalue weighted by molar-refractivity contribution is -0.146. The van der Waals surface area contributed by atoms with Crippen molar-refractivity contribution in [1.29, 1.82) is 0 Å². The third kappa shape index (κ3) is 3.56. The van der Waals surface area contributed by atoms with E-state index >= 15 is 0 Å². The summed E-state index contributed by atoms with van der Waals surface area (Å²) in [7, 11) is 0. The number of carbonyl (C=O) groups is 2. The van der Waals surface area contributed by atoms with Crippen LogP contribution in [-0.2, 0) is 21.7 Å². The van der Waals surface area contributed by atoms with Gasteiger partial charge in [0.25, 0.3) is 11.1 Å². The summed E-state index contributed by atoms with van der Waals surface area (Å²) >= 11 is 0. The molecule has 28 heavy (non-hydrogen) atoms. The zero-order valence-electron chi connectivity index (χ0n) is 15.3. The Hall–Kier alpha value is -3.69. The molecular formula is C18H19N5O5. The summed E-state index contributed by atoms with van der Waals surface area (Å²) in [5, 5.41) is 18.8. The van der Waals surface area contributed by atoms with Gasteiger partial charge in [0, 0.05) is 12.6 Å². The molecule has 146 valence electrons. The number of aliphatic carboxylic acids is 1. The molecule has 0 aliphatic carbocycles. The number of aromatic amines is 1. The van der Waals surface area contributed by atoms with Gasteiger partial charge in [0.05, 0.1) is 29.2 Å². The lowest BCUT2D eigenvalue weighted by Crippen LogP contribution is -2.35. The third-order valence-electron chi connectivity index (χ3n) is 4.41. The number of benzene rings is 1. The molecular weight excluding hydrogens is 366 g/mol. The van der Waals surface area contributed by atoms with Crippen molar-refractivity contribution in [3.63, 3.8) is 0 Å². The van der Waals surface area contributed by atoms with Crippen molar-refractivity contribution >= 4 is 28.3 Å². The summed E-state index contributed by atoms with van der Waals surface area (Å²) in [5.74, 6) is -1.47. The molecule has 0 saturated carbocycles. The number of anilines is 1. The molecule has 0 fully saturated rings. The topological polar surface area (TPSA) is 139 Å². The molecule has 3 rings (SSSR count). The molecule has 1 amide bonds. The highest BCUT2D eigenvalue weighted by Crippen LogP contribution is 2.17. The van der Waals surface area contributed by atoms with Crippen molar-refractivity contribution in [3.8, 4) is 0 Å². The number of carboxylic acid groups (broad SMARTS) is 1. The van der Waals surface area contributed by atoms with Crippen LogP contribution >= 0.6 is 0 Å². The number of carbonyl (C=O) groups excluding carboxylic acids is 1. The fourth-order valence-corrected chi connectivity index (χ4v) is 2.63. The minimum Gasteiger partial charge on any atom is -0.479 e. The van der Waals surface area contributed by atoms with Crippen molar-refractivity contribution in [2.75, 3.05) is 5.32 Å². The molecule has 0 unspecified atom stereocenters. The first-order valence-electron chi connectivity index (χ1n) is 8.50. The Bertz CT molecular complexity index is 1170. The van der Waals surface area contributed by atoms with Crippen molar-refractivity contribution in [2.45, 2.75) is 32.4 Å². The van der Waals surface area contributed by atoms with Crippen LogP contribution in [-0.4, -0.2) is 36.5 Å². The molecule has 10 heteroatoms. The molecule has 0 aliphatic rings. The number of H-pyrrole nitrogens is 1. The molecule has 0 aliphatic heterocycles. The summed E-state index contributed by atoms with van der Waals surface area (Å²) < 4.78 is 2.33. The normalized spacial score (nSPS) is 11.5. The molecule has 0 spiro atoms. The predicted octanol–water partition coefficient (Wildman–Crippen LogP) is 0.735. The van der Waals surface area contributed by atoms with Crippen molar-refractivity contribution < 1.29 is 14.7 Å². The quantitative estimate of drug-likeness (QED) is 0.572. The van der Waals surface area contributed by atoms with E-state index in [-0.39, 0.29) is 23.9 Å². The van der Waals surface area contributed by atoms with E-state index in [4.69, 9.17) is 0 Å². The van der Waals surface area contributed by atoms with Crippen molar-refractivity contribution in [3.05, 3.63) is 57.4 Å². The number of nitrogens with zero attached hydrogens (tertiary/aromatic N) is 3. The first-order chi connectivity index (χ1) is 13.2. The van der Waals surface area contributed by atoms with Gasteiger partial charge in [0.2, 0.25) is 5.91 Å². The first-order valence-corrected chi connectivity index (χ1v) is 8.50. The Labute approximate surface area is 158 Å². The highest BCUT2D eigenvalue weighted by Gasteiger charge is 2.30. The van der Waals surface area contributed by atoms with Crippen LogP contribution in [0.4, 0.5) is 5.69 Å². The zero-order valence-corrected chi connectivity index (χ0v) is 15.3. The zero-order chi connectivity index (χ0) is 20.5. The number of hydrogen-bond donors (Lipinski definition) is 3. The minimum atomic E-state index is -1.26. The molecule has 0 bridgehead atoms. The average Bonchev–Trinajstić information content (AvgIpc) is 3.12. The number of aryl methyl sites for hydroxylation is 1. The Morgan fingerprint density at radius 1 is 1.21 bits per heavy atom. The van der Waals surface area contributed by atoms with Crippen LogP contribution in [0.1, 0.15) is 20.3 Å². The van der Waals surface area contributed by atoms with E-state index in [1.165, 1.54) is 30.9 Å². The number of rotatable bonds is 6. The summed E-state index contributed by atoms with van der Waals surface area (Å²) in [6.07, 6.45) is 2.68. The fraction of sp³-hybridized carbons (Fsp3) is 0.278. The summed E-state index contributed by atoms with van der Waals surface area (Å²) in [6.45, 7) is 2.95. The molecule has 0 atom stereocenters. The van der Waals surface area contributed by atoms with Gasteiger partial charge in [-0.2, -0.15) is 5.10 Å². The van der Waals surface area contributed by atoms with Crippen LogP contribution in [0.25, 0.3) is 10.8 Å². The van der Waals surface area contributed by atoms with Crippen LogP contribution < -0.4 is 16.4 Å². The summed E-state index contributed by atoms with van der Waals surface area (Å²) in [5.41, 5.74) is -1.73. The van der Waals surface area contributed by atoms with E-state index in [9.17, 15) is 24.3 Å². The number of carboxylic acids is 1. The second-order valence-corrected chi connectivity index (χ2v) is 6.78. The van der Waals surface area contributed by atoms with Gasteiger partial charge in [-0.25, -0.2) is 9.48 Å². The van der Waals surface area contributed by atoms with Crippen molar-refractivity contribution in [1.82, 2.24) is 19.6 Å². The fourth-order valence-electron chi connectivity index (χ4n) is 2.63. The van der Waals surface area contributed by atoms with Gasteiger partial charge >= 0.3 is 5.97 Å². The molecule has 3 N–H and O–H groups in total. The van der Waals surface area contributed by atoms with Gasteiger partial charge in [-0.3, -0.25) is 24.2 Å². The monoisotopic (exact) mass is 385 g/mol. The number of aromatic nitrogens is 4. The lowest BCUT2D eigenvalue weighted by atomic mass is 10.1. The van der Waals surface area contributed by atoms with Crippen LogP contribution in [0.15, 0.2) is 46.2 Å². The second kappa shape index (κ2) is 7.14. The molecule has 10 nitrogen and oxygen atoms in total. The highest BCUT2D eigenvalue weighted by molar-refractivity contribution is 5.90. The Balaban J connectivity index is 1.70. The molecule has 0 saturated heterocycles. The van der Waals surface area contributed by atoms with Crippen LogP contribution in [0.3, 0.4) is 0 Å². The van der Waals surface area contributed by atoms with Gasteiger partial charge in [-0.15, -0.1) is 0 Å². The van der Waals surface area contributed by atoms with E-state index in [2.05, 4.69) is 15.5 Å². The van der Waals surface area contributed by atoms with Gasteiger partial charge in [0.15, 0.2) is 5.54 Å². The second-order valence-electron chi connectivity index (χ2n) is 6.78. The summed E-state index contributed by atoms with van der Waals surface area (Å²) in [6, 6.07) is 6.45. The van der Waals surface area contributed by atoms with Crippen LogP contribution in [0.2, 0.25) is 0 Å². The third-order valence-corrected chi connectivity index (χ3v) is 4.41. The molecule has 1 aromatic carbocycles. The molecule has 3 aromatic rings. The van der Waals surface area contributed by atoms with E-state index in [1.807, 2.05) is 0 Å². The maximum atomic E-state index is 12.4.